The summed E-state index contributed by atoms with van der Waals surface area (Å²) >= 11 is 7.60. The monoisotopic (exact) mass is 534 g/mol. The zero-order chi connectivity index (χ0) is 25.1. The first-order chi connectivity index (χ1) is 15.9. The number of fused-ring (bicyclic) bond motifs is 1. The van der Waals surface area contributed by atoms with E-state index in [0.29, 0.717) is 28.9 Å². The molecule has 2 aromatic carbocycles. The van der Waals surface area contributed by atoms with Gasteiger partial charge in [-0.1, -0.05) is 17.7 Å². The van der Waals surface area contributed by atoms with Crippen LogP contribution in [0, 0.1) is 6.92 Å². The maximum absolute atomic E-state index is 12.7. The van der Waals surface area contributed by atoms with Gasteiger partial charge in [0, 0.05) is 28.4 Å². The summed E-state index contributed by atoms with van der Waals surface area (Å²) in [5, 5.41) is 10.2. The molecule has 1 N–H and O–H groups in total. The number of thiazole rings is 1. The number of nitrogens with zero attached hydrogens (tertiary/aromatic N) is 2. The number of sulfone groups is 1. The van der Waals surface area contributed by atoms with Crippen LogP contribution in [0.25, 0.3) is 0 Å². The van der Waals surface area contributed by atoms with E-state index in [2.05, 4.69) is 9.88 Å². The van der Waals surface area contributed by atoms with E-state index in [4.69, 9.17) is 26.2 Å². The molecule has 34 heavy (non-hydrogen) atoms. The molecule has 0 unspecified atom stereocenters. The number of aliphatic carboxylic acids is 1. The van der Waals surface area contributed by atoms with Crippen molar-refractivity contribution >= 4 is 50.1 Å². The molecular weight excluding hydrogens is 517 g/mol. The molecule has 1 aromatic heterocycles. The Morgan fingerprint density at radius 3 is 2.59 bits per heavy atom. The quantitative estimate of drug-likeness (QED) is 0.488. The van der Waals surface area contributed by atoms with Gasteiger partial charge in [-0.05, 0) is 36.8 Å². The van der Waals surface area contributed by atoms with E-state index in [9.17, 15) is 21.6 Å². The lowest BCUT2D eigenvalue weighted by atomic mass is 10.1. The third-order valence-corrected chi connectivity index (χ3v) is 7.72. The van der Waals surface area contributed by atoms with Crippen molar-refractivity contribution in [2.45, 2.75) is 23.7 Å². The van der Waals surface area contributed by atoms with Crippen molar-refractivity contribution in [3.8, 4) is 5.75 Å². The van der Waals surface area contributed by atoms with Crippen molar-refractivity contribution < 1.29 is 36.2 Å². The summed E-state index contributed by atoms with van der Waals surface area (Å²) in [7, 11) is -3.49. The Kier molecular flexibility index (Phi) is 7.74. The summed E-state index contributed by atoms with van der Waals surface area (Å²) in [6.07, 6.45) is -3.48. The van der Waals surface area contributed by atoms with Gasteiger partial charge in [-0.25, -0.2) is 18.2 Å². The van der Waals surface area contributed by atoms with Gasteiger partial charge in [-0.15, -0.1) is 11.3 Å². The zero-order valence-corrected chi connectivity index (χ0v) is 19.9. The SMILES string of the molecule is Cc1c(Cl)cccc1N1CCOc2cc(S(=O)(=O)Cc3nccs3)ccc21.O=C(O)C(F)(F)F. The Bertz CT molecular complexity index is 1280. The van der Waals surface area contributed by atoms with Crippen LogP contribution in [0.2, 0.25) is 5.02 Å². The predicted molar refractivity (Wildman–Crippen MR) is 122 cm³/mol. The summed E-state index contributed by atoms with van der Waals surface area (Å²) in [6.45, 7) is 3.11. The van der Waals surface area contributed by atoms with Crippen LogP contribution in [-0.2, 0) is 20.4 Å². The van der Waals surface area contributed by atoms with Gasteiger partial charge in [0.15, 0.2) is 9.84 Å². The molecule has 0 saturated heterocycles. The molecule has 0 bridgehead atoms. The second-order valence-corrected chi connectivity index (χ2v) is 10.4. The van der Waals surface area contributed by atoms with E-state index in [1.54, 1.807) is 29.8 Å². The van der Waals surface area contributed by atoms with Crippen LogP contribution in [0.4, 0.5) is 24.5 Å². The maximum atomic E-state index is 12.7. The smallest absolute Gasteiger partial charge is 0.489 e. The zero-order valence-electron chi connectivity index (χ0n) is 17.5. The Labute approximate surface area is 202 Å². The van der Waals surface area contributed by atoms with Crippen molar-refractivity contribution in [1.82, 2.24) is 4.98 Å². The van der Waals surface area contributed by atoms with Crippen LogP contribution in [0.1, 0.15) is 10.6 Å². The number of carboxylic acids is 1. The minimum Gasteiger partial charge on any atom is -0.489 e. The van der Waals surface area contributed by atoms with Gasteiger partial charge in [0.05, 0.1) is 17.1 Å². The first kappa shape index (κ1) is 25.8. The minimum absolute atomic E-state index is 0.111. The highest BCUT2D eigenvalue weighted by molar-refractivity contribution is 7.90. The topological polar surface area (TPSA) is 96.8 Å². The van der Waals surface area contributed by atoms with Crippen molar-refractivity contribution in [2.75, 3.05) is 18.1 Å². The maximum Gasteiger partial charge on any atom is 0.490 e. The third-order valence-electron chi connectivity index (χ3n) is 4.72. The number of aromatic nitrogens is 1. The van der Waals surface area contributed by atoms with Gasteiger partial charge in [-0.2, -0.15) is 13.2 Å². The molecule has 182 valence electrons. The van der Waals surface area contributed by atoms with Crippen LogP contribution in [-0.4, -0.2) is 43.8 Å². The minimum atomic E-state index is -5.08. The fourth-order valence-electron chi connectivity index (χ4n) is 3.10. The van der Waals surface area contributed by atoms with E-state index in [-0.39, 0.29) is 10.6 Å². The molecule has 0 aliphatic carbocycles. The Morgan fingerprint density at radius 1 is 1.26 bits per heavy atom. The number of rotatable bonds is 4. The van der Waals surface area contributed by atoms with Gasteiger partial charge in [0.25, 0.3) is 0 Å². The fourth-order valence-corrected chi connectivity index (χ4v) is 5.54. The summed E-state index contributed by atoms with van der Waals surface area (Å²) < 4.78 is 62.9. The molecule has 13 heteroatoms. The first-order valence-corrected chi connectivity index (χ1v) is 12.5. The number of anilines is 2. The number of hydrogen-bond acceptors (Lipinski definition) is 7. The second-order valence-electron chi connectivity index (χ2n) is 7.00. The Balaban J connectivity index is 0.000000406. The van der Waals surface area contributed by atoms with Gasteiger partial charge >= 0.3 is 12.1 Å². The number of carboxylic acid groups (broad SMARTS) is 1. The number of carbonyl (C=O) groups is 1. The van der Waals surface area contributed by atoms with Crippen LogP contribution in [0.3, 0.4) is 0 Å². The standard InChI is InChI=1S/C19H17ClN2O3S2.C2HF3O2/c1-13-15(20)3-2-4-16(13)22-8-9-25-18-11-14(5-6-17(18)22)27(23,24)12-19-21-7-10-26-19;3-2(4,5)1(6)7/h2-7,10-11H,8-9,12H2,1H3;(H,6,7). The van der Waals surface area contributed by atoms with E-state index in [1.807, 2.05) is 25.1 Å². The summed E-state index contributed by atoms with van der Waals surface area (Å²) in [5.41, 5.74) is 2.80. The van der Waals surface area contributed by atoms with E-state index in [0.717, 1.165) is 16.9 Å². The number of alkyl halides is 3. The molecule has 0 spiro atoms. The molecule has 4 rings (SSSR count). The third kappa shape index (κ3) is 5.99. The van der Waals surface area contributed by atoms with E-state index < -0.39 is 22.0 Å². The average molecular weight is 535 g/mol. The average Bonchev–Trinajstić information content (AvgIpc) is 3.27. The summed E-state index contributed by atoms with van der Waals surface area (Å²) in [6, 6.07) is 10.8. The van der Waals surface area contributed by atoms with Crippen molar-refractivity contribution in [3.63, 3.8) is 0 Å². The molecule has 0 amide bonds. The molecule has 0 atom stereocenters. The predicted octanol–water partition coefficient (Wildman–Crippen LogP) is 5.24. The van der Waals surface area contributed by atoms with E-state index in [1.165, 1.54) is 11.3 Å². The summed E-state index contributed by atoms with van der Waals surface area (Å²) in [5.74, 6) is -2.31. The van der Waals surface area contributed by atoms with E-state index >= 15 is 0 Å². The molecule has 0 fully saturated rings. The molecule has 7 nitrogen and oxygen atoms in total. The van der Waals surface area contributed by atoms with Crippen molar-refractivity contribution in [1.29, 1.82) is 0 Å². The highest BCUT2D eigenvalue weighted by Gasteiger charge is 2.38. The number of halogens is 4. The van der Waals surface area contributed by atoms with Crippen molar-refractivity contribution in [3.05, 3.63) is 63.6 Å². The molecule has 0 radical (unpaired) electrons. The van der Waals surface area contributed by atoms with Crippen LogP contribution in [0.15, 0.2) is 52.9 Å². The molecule has 3 aromatic rings. The molecular formula is C21H18ClF3N2O5S2. The van der Waals surface area contributed by atoms with Crippen LogP contribution >= 0.6 is 22.9 Å². The van der Waals surface area contributed by atoms with Gasteiger partial charge in [0.2, 0.25) is 0 Å². The van der Waals surface area contributed by atoms with Crippen LogP contribution < -0.4 is 9.64 Å². The largest absolute Gasteiger partial charge is 0.490 e. The first-order valence-electron chi connectivity index (χ1n) is 9.61. The molecule has 1 aliphatic heterocycles. The van der Waals surface area contributed by atoms with Gasteiger partial charge in [-0.3, -0.25) is 0 Å². The van der Waals surface area contributed by atoms with Crippen LogP contribution in [0.5, 0.6) is 5.75 Å². The number of ether oxygens (including phenoxy) is 1. The number of benzene rings is 2. The lowest BCUT2D eigenvalue weighted by molar-refractivity contribution is -0.192. The van der Waals surface area contributed by atoms with Gasteiger partial charge in [0.1, 0.15) is 23.1 Å². The molecule has 2 heterocycles. The highest BCUT2D eigenvalue weighted by atomic mass is 35.5. The number of hydrogen-bond donors (Lipinski definition) is 1. The summed E-state index contributed by atoms with van der Waals surface area (Å²) in [4.78, 5) is 15.3. The fraction of sp³-hybridized carbons (Fsp3) is 0.238. The molecule has 1 aliphatic rings. The van der Waals surface area contributed by atoms with Gasteiger partial charge < -0.3 is 14.7 Å². The highest BCUT2D eigenvalue weighted by Crippen LogP contribution is 2.40. The Hall–Kier alpha value is -2.83. The Morgan fingerprint density at radius 2 is 1.97 bits per heavy atom. The lowest BCUT2D eigenvalue weighted by Gasteiger charge is -2.32. The lowest BCUT2D eigenvalue weighted by Crippen LogP contribution is -2.29. The normalized spacial score (nSPS) is 13.4. The second kappa shape index (κ2) is 10.2. The molecule has 0 saturated carbocycles. The van der Waals surface area contributed by atoms with Crippen molar-refractivity contribution in [2.24, 2.45) is 0 Å².